The Hall–Kier alpha value is -2.42. The van der Waals surface area contributed by atoms with Crippen molar-refractivity contribution < 1.29 is 22.7 Å². The molecule has 0 spiro atoms. The Labute approximate surface area is 172 Å². The van der Waals surface area contributed by atoms with E-state index < -0.39 is 10.0 Å². The summed E-state index contributed by atoms with van der Waals surface area (Å²) in [6.45, 7) is 5.72. The summed E-state index contributed by atoms with van der Waals surface area (Å²) in [5.74, 6) is -0.217. The number of ether oxygens (including phenoxy) is 2. The van der Waals surface area contributed by atoms with Crippen LogP contribution < -0.4 is 10.0 Å². The van der Waals surface area contributed by atoms with Gasteiger partial charge in [0, 0.05) is 31.5 Å². The molecule has 8 heteroatoms. The fraction of sp³-hybridized carbons (Fsp3) is 0.381. The average Bonchev–Trinajstić information content (AvgIpc) is 2.69. The lowest BCUT2D eigenvalue weighted by atomic mass is 10.2. The van der Waals surface area contributed by atoms with Gasteiger partial charge in [-0.15, -0.1) is 0 Å². The third-order valence-electron chi connectivity index (χ3n) is 4.22. The zero-order valence-corrected chi connectivity index (χ0v) is 17.8. The van der Waals surface area contributed by atoms with E-state index in [9.17, 15) is 13.2 Å². The molecule has 0 atom stereocenters. The zero-order chi connectivity index (χ0) is 21.3. The molecule has 2 N–H and O–H groups in total. The lowest BCUT2D eigenvalue weighted by Crippen LogP contribution is -2.25. The van der Waals surface area contributed by atoms with E-state index in [4.69, 9.17) is 9.47 Å². The van der Waals surface area contributed by atoms with Gasteiger partial charge in [-0.25, -0.2) is 8.42 Å². The van der Waals surface area contributed by atoms with Crippen molar-refractivity contribution in [3.05, 3.63) is 59.2 Å². The first-order chi connectivity index (χ1) is 13.8. The number of hydrogen-bond acceptors (Lipinski definition) is 5. The Balaban J connectivity index is 1.89. The number of sulfonamides is 1. The van der Waals surface area contributed by atoms with Crippen molar-refractivity contribution >= 4 is 21.6 Å². The van der Waals surface area contributed by atoms with E-state index >= 15 is 0 Å². The van der Waals surface area contributed by atoms with E-state index in [-0.39, 0.29) is 10.8 Å². The maximum Gasteiger partial charge on any atom is 0.262 e. The number of carbonyl (C=O) groups excluding carboxylic acids is 1. The van der Waals surface area contributed by atoms with Gasteiger partial charge in [0.2, 0.25) is 0 Å². The average molecular weight is 421 g/mol. The van der Waals surface area contributed by atoms with E-state index in [0.717, 1.165) is 5.56 Å². The van der Waals surface area contributed by atoms with Crippen LogP contribution in [-0.4, -0.2) is 47.8 Å². The van der Waals surface area contributed by atoms with Crippen molar-refractivity contribution in [3.8, 4) is 0 Å². The molecule has 0 aliphatic carbocycles. The molecular weight excluding hydrogens is 392 g/mol. The maximum absolute atomic E-state index is 12.7. The van der Waals surface area contributed by atoms with Gasteiger partial charge in [0.05, 0.1) is 18.1 Å². The monoisotopic (exact) mass is 420 g/mol. The standard InChI is InChI=1S/C21H28N2O5S/c1-16-5-6-17(2)20(15-16)29(25,26)23-19-9-7-18(8-10-19)21(24)22-11-4-12-28-14-13-27-3/h5-10,15,23H,4,11-14H2,1-3H3,(H,22,24). The van der Waals surface area contributed by atoms with Crippen molar-refractivity contribution in [2.24, 2.45) is 0 Å². The first-order valence-corrected chi connectivity index (χ1v) is 10.9. The van der Waals surface area contributed by atoms with Gasteiger partial charge in [-0.05, 0) is 61.7 Å². The molecule has 7 nitrogen and oxygen atoms in total. The molecule has 0 radical (unpaired) electrons. The highest BCUT2D eigenvalue weighted by atomic mass is 32.2. The van der Waals surface area contributed by atoms with E-state index in [1.165, 1.54) is 0 Å². The highest BCUT2D eigenvalue weighted by Gasteiger charge is 2.17. The van der Waals surface area contributed by atoms with Crippen molar-refractivity contribution in [2.45, 2.75) is 25.2 Å². The van der Waals surface area contributed by atoms with Crippen LogP contribution in [0.3, 0.4) is 0 Å². The Morgan fingerprint density at radius 1 is 1.00 bits per heavy atom. The van der Waals surface area contributed by atoms with Gasteiger partial charge < -0.3 is 14.8 Å². The third kappa shape index (κ3) is 7.16. The molecule has 2 aromatic rings. The van der Waals surface area contributed by atoms with Crippen LogP contribution >= 0.6 is 0 Å². The van der Waals surface area contributed by atoms with E-state index in [0.29, 0.717) is 49.6 Å². The topological polar surface area (TPSA) is 93.7 Å². The third-order valence-corrected chi connectivity index (χ3v) is 5.74. The Bertz CT molecular complexity index is 911. The minimum absolute atomic E-state index is 0.217. The van der Waals surface area contributed by atoms with Crippen molar-refractivity contribution in [2.75, 3.05) is 38.2 Å². The van der Waals surface area contributed by atoms with E-state index in [1.54, 1.807) is 50.4 Å². The molecule has 0 aliphatic rings. The Kier molecular flexibility index (Phi) is 8.63. The molecule has 0 saturated carbocycles. The van der Waals surface area contributed by atoms with Crippen LogP contribution in [0.2, 0.25) is 0 Å². The summed E-state index contributed by atoms with van der Waals surface area (Å²) in [4.78, 5) is 12.4. The largest absolute Gasteiger partial charge is 0.382 e. The van der Waals surface area contributed by atoms with Gasteiger partial charge in [0.1, 0.15) is 0 Å². The second kappa shape index (κ2) is 10.9. The number of carbonyl (C=O) groups is 1. The summed E-state index contributed by atoms with van der Waals surface area (Å²) in [5.41, 5.74) is 2.39. The number of aryl methyl sites for hydroxylation is 2. The summed E-state index contributed by atoms with van der Waals surface area (Å²) < 4.78 is 38.1. The molecular formula is C21H28N2O5S. The highest BCUT2D eigenvalue weighted by Crippen LogP contribution is 2.21. The number of anilines is 1. The lowest BCUT2D eigenvalue weighted by molar-refractivity contribution is 0.0688. The van der Waals surface area contributed by atoms with Crippen LogP contribution in [0.4, 0.5) is 5.69 Å². The zero-order valence-electron chi connectivity index (χ0n) is 17.0. The quantitative estimate of drug-likeness (QED) is 0.545. The lowest BCUT2D eigenvalue weighted by Gasteiger charge is -2.12. The van der Waals surface area contributed by atoms with Crippen molar-refractivity contribution in [1.29, 1.82) is 0 Å². The summed E-state index contributed by atoms with van der Waals surface area (Å²) in [6, 6.07) is 11.6. The number of rotatable bonds is 11. The first-order valence-electron chi connectivity index (χ1n) is 9.38. The van der Waals surface area contributed by atoms with Gasteiger partial charge in [0.15, 0.2) is 0 Å². The predicted octanol–water partition coefficient (Wildman–Crippen LogP) is 2.89. The van der Waals surface area contributed by atoms with Crippen LogP contribution in [0.1, 0.15) is 27.9 Å². The van der Waals surface area contributed by atoms with E-state index in [2.05, 4.69) is 10.0 Å². The van der Waals surface area contributed by atoms with Gasteiger partial charge in [-0.2, -0.15) is 0 Å². The molecule has 0 aliphatic heterocycles. The van der Waals surface area contributed by atoms with Crippen LogP contribution in [0, 0.1) is 13.8 Å². The first kappa shape index (κ1) is 22.9. The van der Waals surface area contributed by atoms with Gasteiger partial charge in [0.25, 0.3) is 15.9 Å². The number of amides is 1. The smallest absolute Gasteiger partial charge is 0.262 e. The van der Waals surface area contributed by atoms with Crippen LogP contribution in [-0.2, 0) is 19.5 Å². The SMILES string of the molecule is COCCOCCCNC(=O)c1ccc(NS(=O)(=O)c2cc(C)ccc2C)cc1. The molecule has 0 unspecified atom stereocenters. The maximum atomic E-state index is 12.7. The highest BCUT2D eigenvalue weighted by molar-refractivity contribution is 7.92. The van der Waals surface area contributed by atoms with Gasteiger partial charge in [-0.3, -0.25) is 9.52 Å². The molecule has 158 valence electrons. The number of hydrogen-bond donors (Lipinski definition) is 2. The van der Waals surface area contributed by atoms with Gasteiger partial charge >= 0.3 is 0 Å². The number of nitrogens with one attached hydrogen (secondary N) is 2. The van der Waals surface area contributed by atoms with E-state index in [1.807, 2.05) is 13.0 Å². The second-order valence-corrected chi connectivity index (χ2v) is 8.32. The summed E-state index contributed by atoms with van der Waals surface area (Å²) in [6.07, 6.45) is 0.698. The second-order valence-electron chi connectivity index (χ2n) is 6.67. The molecule has 1 amide bonds. The normalized spacial score (nSPS) is 11.3. The molecule has 29 heavy (non-hydrogen) atoms. The number of benzene rings is 2. The summed E-state index contributed by atoms with van der Waals surface area (Å²) in [5, 5.41) is 2.81. The predicted molar refractivity (Wildman–Crippen MR) is 113 cm³/mol. The fourth-order valence-corrected chi connectivity index (χ4v) is 4.01. The molecule has 2 aromatic carbocycles. The Morgan fingerprint density at radius 2 is 1.72 bits per heavy atom. The summed E-state index contributed by atoms with van der Waals surface area (Å²) >= 11 is 0. The van der Waals surface area contributed by atoms with Crippen LogP contribution in [0.5, 0.6) is 0 Å². The molecule has 2 rings (SSSR count). The minimum atomic E-state index is -3.70. The molecule has 0 saturated heterocycles. The van der Waals surface area contributed by atoms with Crippen molar-refractivity contribution in [1.82, 2.24) is 5.32 Å². The molecule has 0 heterocycles. The minimum Gasteiger partial charge on any atom is -0.382 e. The van der Waals surface area contributed by atoms with Crippen LogP contribution in [0.15, 0.2) is 47.4 Å². The van der Waals surface area contributed by atoms with Crippen LogP contribution in [0.25, 0.3) is 0 Å². The molecule has 0 aromatic heterocycles. The number of methoxy groups -OCH3 is 1. The molecule has 0 bridgehead atoms. The molecule has 0 fully saturated rings. The summed E-state index contributed by atoms with van der Waals surface area (Å²) in [7, 11) is -2.09. The van der Waals surface area contributed by atoms with Gasteiger partial charge in [-0.1, -0.05) is 12.1 Å². The Morgan fingerprint density at radius 3 is 2.41 bits per heavy atom. The van der Waals surface area contributed by atoms with Crippen molar-refractivity contribution in [3.63, 3.8) is 0 Å². The fourth-order valence-electron chi connectivity index (χ4n) is 2.62.